The molecule has 5 nitrogen and oxygen atoms in total. The zero-order valence-electron chi connectivity index (χ0n) is 7.69. The number of hydrazine groups is 1. The minimum absolute atomic E-state index is 0.00653. The third kappa shape index (κ3) is 3.67. The third-order valence-electron chi connectivity index (χ3n) is 1.38. The van der Waals surface area contributed by atoms with Crippen molar-refractivity contribution in [2.45, 2.75) is 0 Å². The molecule has 0 saturated carbocycles. The Labute approximate surface area is 113 Å². The average Bonchev–Trinajstić information content (AvgIpc) is 2.25. The maximum atomic E-state index is 11.9. The van der Waals surface area contributed by atoms with E-state index < -0.39 is 5.91 Å². The number of hydrogen-bond acceptors (Lipinski definition) is 5. The number of amides is 1. The highest BCUT2D eigenvalue weighted by Crippen LogP contribution is 2.02. The van der Waals surface area contributed by atoms with Gasteiger partial charge in [0.05, 0.1) is 6.20 Å². The summed E-state index contributed by atoms with van der Waals surface area (Å²) in [4.78, 5) is 19.5. The highest BCUT2D eigenvalue weighted by molar-refractivity contribution is 8.11. The summed E-state index contributed by atoms with van der Waals surface area (Å²) in [5.41, 5.74) is 2.59. The van der Waals surface area contributed by atoms with Gasteiger partial charge in [-0.05, 0) is 0 Å². The van der Waals surface area contributed by atoms with Crippen molar-refractivity contribution in [3.8, 4) is 0 Å². The highest BCUT2D eigenvalue weighted by Gasteiger charge is 2.19. The van der Waals surface area contributed by atoms with E-state index in [9.17, 15) is 4.79 Å². The molecule has 1 amide bonds. The second-order valence-corrected chi connectivity index (χ2v) is 4.70. The molecule has 1 heterocycles. The highest BCUT2D eigenvalue weighted by atomic mass is 32.1. The van der Waals surface area contributed by atoms with Crippen LogP contribution in [0.15, 0.2) is 18.6 Å². The van der Waals surface area contributed by atoms with E-state index in [2.05, 4.69) is 52.9 Å². The molecule has 9 heteroatoms. The van der Waals surface area contributed by atoms with E-state index in [0.717, 1.165) is 5.01 Å². The normalized spacial score (nSPS) is 9.38. The molecule has 16 heavy (non-hydrogen) atoms. The molecule has 84 valence electrons. The van der Waals surface area contributed by atoms with Crippen LogP contribution >= 0.6 is 49.7 Å². The van der Waals surface area contributed by atoms with E-state index in [1.807, 2.05) is 0 Å². The van der Waals surface area contributed by atoms with Crippen molar-refractivity contribution < 1.29 is 4.79 Å². The van der Waals surface area contributed by atoms with Crippen LogP contribution in [0.4, 0.5) is 0 Å². The van der Waals surface area contributed by atoms with Gasteiger partial charge in [0.15, 0.2) is 4.32 Å². The van der Waals surface area contributed by atoms with Gasteiger partial charge in [0.2, 0.25) is 0 Å². The Morgan fingerprint density at radius 3 is 2.50 bits per heavy atom. The van der Waals surface area contributed by atoms with Gasteiger partial charge in [-0.1, -0.05) is 24.4 Å². The van der Waals surface area contributed by atoms with Gasteiger partial charge >= 0.3 is 0 Å². The molecule has 0 bridgehead atoms. The summed E-state index contributed by atoms with van der Waals surface area (Å²) in [6, 6.07) is 0. The lowest BCUT2D eigenvalue weighted by atomic mass is 10.4. The van der Waals surface area contributed by atoms with E-state index in [4.69, 9.17) is 12.2 Å². The van der Waals surface area contributed by atoms with Crippen LogP contribution in [0.5, 0.6) is 0 Å². The molecule has 1 aromatic heterocycles. The van der Waals surface area contributed by atoms with E-state index in [0.29, 0.717) is 0 Å². The molecule has 0 spiro atoms. The van der Waals surface area contributed by atoms with Crippen LogP contribution in [-0.4, -0.2) is 29.5 Å². The molecule has 0 aliphatic heterocycles. The second-order valence-electron chi connectivity index (χ2n) is 2.43. The molecule has 0 fully saturated rings. The van der Waals surface area contributed by atoms with E-state index >= 15 is 0 Å². The largest absolute Gasteiger partial charge is 0.298 e. The van der Waals surface area contributed by atoms with Crippen LogP contribution in [0.3, 0.4) is 0 Å². The molecule has 0 atom stereocenters. The molecule has 1 aromatic rings. The number of thiol groups is 2. The minimum Gasteiger partial charge on any atom is -0.274 e. The van der Waals surface area contributed by atoms with Crippen molar-refractivity contribution in [1.82, 2.24) is 20.4 Å². The van der Waals surface area contributed by atoms with Crippen LogP contribution in [0.1, 0.15) is 10.5 Å². The Hall–Kier alpha value is -0.770. The number of aromatic nitrogens is 2. The van der Waals surface area contributed by atoms with Crippen molar-refractivity contribution in [2.75, 3.05) is 0 Å². The van der Waals surface area contributed by atoms with Crippen molar-refractivity contribution in [2.24, 2.45) is 0 Å². The quantitative estimate of drug-likeness (QED) is 0.405. The predicted molar refractivity (Wildman–Crippen MR) is 74.5 cm³/mol. The van der Waals surface area contributed by atoms with Crippen LogP contribution < -0.4 is 5.43 Å². The number of nitrogens with one attached hydrogen (secondary N) is 1. The molecule has 0 aromatic carbocycles. The summed E-state index contributed by atoms with van der Waals surface area (Å²) in [5, 5.41) is 0.956. The predicted octanol–water partition coefficient (Wildman–Crippen LogP) is 0.853. The van der Waals surface area contributed by atoms with Crippen LogP contribution in [0.25, 0.3) is 0 Å². The summed E-state index contributed by atoms with van der Waals surface area (Å²) in [7, 11) is 0. The first kappa shape index (κ1) is 13.3. The number of hydrogen-bond donors (Lipinski definition) is 3. The fraction of sp³-hybridized carbons (Fsp3) is 0. The first-order valence-electron chi connectivity index (χ1n) is 3.85. The first-order chi connectivity index (χ1) is 7.52. The zero-order chi connectivity index (χ0) is 12.1. The lowest BCUT2D eigenvalue weighted by molar-refractivity contribution is 0.0823. The van der Waals surface area contributed by atoms with E-state index in [1.54, 1.807) is 0 Å². The van der Waals surface area contributed by atoms with E-state index in [1.165, 1.54) is 18.6 Å². The minimum atomic E-state index is -0.510. The molecular formula is C7H6N4OS4. The molecule has 0 saturated heterocycles. The first-order valence-corrected chi connectivity index (χ1v) is 5.56. The van der Waals surface area contributed by atoms with Crippen molar-refractivity contribution >= 4 is 64.2 Å². The SMILES string of the molecule is O=C(c1cnccn1)N(NC(=S)S)C(=S)S. The summed E-state index contributed by atoms with van der Waals surface area (Å²) < 4.78 is 0.0979. The van der Waals surface area contributed by atoms with Crippen LogP contribution in [0.2, 0.25) is 0 Å². The van der Waals surface area contributed by atoms with Gasteiger partial charge in [-0.2, -0.15) is 5.01 Å². The maximum absolute atomic E-state index is 11.9. The molecule has 0 aliphatic carbocycles. The van der Waals surface area contributed by atoms with Crippen molar-refractivity contribution in [3.63, 3.8) is 0 Å². The number of rotatable bonds is 1. The Morgan fingerprint density at radius 2 is 2.06 bits per heavy atom. The maximum Gasteiger partial charge on any atom is 0.298 e. The van der Waals surface area contributed by atoms with E-state index in [-0.39, 0.29) is 14.3 Å². The van der Waals surface area contributed by atoms with Gasteiger partial charge in [-0.15, -0.1) is 25.3 Å². The van der Waals surface area contributed by atoms with Gasteiger partial charge in [0.1, 0.15) is 10.0 Å². The summed E-state index contributed by atoms with van der Waals surface area (Å²) in [5.74, 6) is -0.510. The Balaban J connectivity index is 2.92. The number of carbonyl (C=O) groups is 1. The lowest BCUT2D eigenvalue weighted by Crippen LogP contribution is -2.46. The number of thiocarbonyl (C=S) groups is 2. The summed E-state index contributed by atoms with van der Waals surface area (Å²) in [6.45, 7) is 0. The molecule has 1 N–H and O–H groups in total. The fourth-order valence-electron chi connectivity index (χ4n) is 0.805. The molecule has 0 unspecified atom stereocenters. The van der Waals surface area contributed by atoms with Gasteiger partial charge in [0, 0.05) is 12.4 Å². The molecule has 1 rings (SSSR count). The van der Waals surface area contributed by atoms with Crippen LogP contribution in [-0.2, 0) is 0 Å². The van der Waals surface area contributed by atoms with Crippen molar-refractivity contribution in [1.29, 1.82) is 0 Å². The summed E-state index contributed by atoms with van der Waals surface area (Å²) in [6.07, 6.45) is 4.16. The Kier molecular flexibility index (Phi) is 5.06. The lowest BCUT2D eigenvalue weighted by Gasteiger charge is -2.20. The van der Waals surface area contributed by atoms with Crippen LogP contribution in [0, 0.1) is 0 Å². The van der Waals surface area contributed by atoms with Gasteiger partial charge in [-0.25, -0.2) is 4.98 Å². The molecular weight excluding hydrogens is 284 g/mol. The number of nitrogens with zero attached hydrogens (tertiary/aromatic N) is 3. The Bertz CT molecular complexity index is 424. The molecule has 0 radical (unpaired) electrons. The standard InChI is InChI=1S/C7H6N4OS4/c12-5(4-3-8-1-2-9-4)11(7(15)16)10-6(13)14/h1-3H,(H,15,16)(H2,10,13,14). The smallest absolute Gasteiger partial charge is 0.274 e. The Morgan fingerprint density at radius 1 is 1.38 bits per heavy atom. The van der Waals surface area contributed by atoms with Gasteiger partial charge < -0.3 is 0 Å². The molecule has 0 aliphatic rings. The van der Waals surface area contributed by atoms with Gasteiger partial charge in [-0.3, -0.25) is 15.2 Å². The zero-order valence-corrected chi connectivity index (χ0v) is 11.1. The number of carbonyl (C=O) groups excluding carboxylic acids is 1. The van der Waals surface area contributed by atoms with Crippen molar-refractivity contribution in [3.05, 3.63) is 24.3 Å². The second kappa shape index (κ2) is 6.09. The topological polar surface area (TPSA) is 58.1 Å². The average molecular weight is 290 g/mol. The third-order valence-corrected chi connectivity index (χ3v) is 1.96. The van der Waals surface area contributed by atoms with Gasteiger partial charge in [0.25, 0.3) is 5.91 Å². The summed E-state index contributed by atoms with van der Waals surface area (Å²) >= 11 is 17.2. The monoisotopic (exact) mass is 290 g/mol. The fourth-order valence-corrected chi connectivity index (χ4v) is 1.27.